The molecule has 2 aliphatic heterocycles. The molecule has 2 aliphatic rings. The molecule has 0 saturated carbocycles. The molecule has 612 valence electrons. The van der Waals surface area contributed by atoms with Gasteiger partial charge in [-0.25, -0.2) is 38.4 Å². The van der Waals surface area contributed by atoms with Gasteiger partial charge in [-0.2, -0.15) is 35.3 Å². The van der Waals surface area contributed by atoms with Crippen molar-refractivity contribution in [3.05, 3.63) is 264 Å². The summed E-state index contributed by atoms with van der Waals surface area (Å²) in [5.74, 6) is 0.336. The Morgan fingerprint density at radius 3 is 1.30 bits per heavy atom. The fraction of sp³-hybridized carbons (Fsp3) is 0.373. The molecule has 7 aromatic rings. The van der Waals surface area contributed by atoms with Crippen LogP contribution in [0.25, 0.3) is 0 Å². The van der Waals surface area contributed by atoms with Crippen molar-refractivity contribution in [2.24, 2.45) is 0 Å². The molecule has 6 atom stereocenters. The minimum Gasteiger partial charge on any atom is -0.467 e. The van der Waals surface area contributed by atoms with E-state index in [1.165, 1.54) is 37.0 Å². The van der Waals surface area contributed by atoms with Gasteiger partial charge in [-0.05, 0) is 112 Å². The molecule has 0 spiro atoms. The van der Waals surface area contributed by atoms with Crippen LogP contribution >= 0.6 is 35.3 Å². The predicted molar refractivity (Wildman–Crippen MR) is 434 cm³/mol. The Balaban J connectivity index is 0.000000363. The third-order valence-corrected chi connectivity index (χ3v) is 18.3. The summed E-state index contributed by atoms with van der Waals surface area (Å²) < 4.78 is 85.6. The summed E-state index contributed by atoms with van der Waals surface area (Å²) in [5, 5.41) is 5.01. The second-order valence-corrected chi connectivity index (χ2v) is 27.6. The SMILES string of the molecule is C=C[C@](C)(NC(=O)OCc1ccccc1)C(=O)OC.CCOCC.COC(=O)[C@](C)(CCSC)NC(=O)OCc1ccccc1.COC(OC)c1ccccc1.CSCC[C@@]1(C)C(=O)O[C@H](c2ccccc2)N1C(=O)OCc1ccccc1.CSCC[C@H]1C(=O)O[C@H](c2ccccc2)N1C(=O)OCc1ccccc1.FB(F)F. The molecule has 0 aliphatic carbocycles. The number of carbonyl (C=O) groups is 8. The topological polar surface area (TPSA) is 269 Å². The van der Waals surface area contributed by atoms with Crippen LogP contribution in [0.3, 0.4) is 0 Å². The van der Waals surface area contributed by atoms with Crippen molar-refractivity contribution < 1.29 is 103 Å². The smallest absolute Gasteiger partial charge is 0.467 e. The van der Waals surface area contributed by atoms with E-state index >= 15 is 0 Å². The largest absolute Gasteiger partial charge is 0.762 e. The monoisotopic (exact) mass is 1620 g/mol. The van der Waals surface area contributed by atoms with Gasteiger partial charge >= 0.3 is 55.8 Å². The number of thioether (sulfide) groups is 3. The van der Waals surface area contributed by atoms with E-state index < -0.39 is 84.9 Å². The standard InChI is InChI=1S/C21H23NO4S.C20H21NO4S.C15H21NO4S.C14H17NO4.C9H12O2.C4H10O.BF3/c1-21(13-14-27-2)19(23)26-18(17-11-7-4-8-12-17)22(21)20(24)25-15-16-9-5-3-6-10-16;1-26-13-12-17-19(22)25-18(16-10-6-3-7-11-16)21(17)20(23)24-14-15-8-4-2-5-9-15;1-15(9-10-21-3,13(17)19-2)16-14(18)20-11-12-7-5-4-6-8-12;1-4-14(2,12(16)18-3)15-13(17)19-10-11-8-6-5-7-9-11;1-10-9(11-2)8-6-4-3-5-7-8;1-3-5-4-2;2-1(3)4/h3-12,18H,13-15H2,1-2H3;2-11,17-18H,12-14H2,1H3;4-8H,9-11H2,1-3H3,(H,16,18);4-9H,1,10H2,2-3H3,(H,15,17);3-7,9H,1-2H3;3-4H2,1-2H3;/t18-,21+;17-,18+;15-;14-;;;/m1000.../s1. The van der Waals surface area contributed by atoms with Crippen molar-refractivity contribution in [2.45, 2.75) is 122 Å². The van der Waals surface area contributed by atoms with Crippen LogP contribution in [0.5, 0.6) is 0 Å². The number of rotatable bonds is 29. The molecule has 2 N–H and O–H groups in total. The van der Waals surface area contributed by atoms with Crippen molar-refractivity contribution in [1.82, 2.24) is 20.4 Å². The first kappa shape index (κ1) is 97.2. The van der Waals surface area contributed by atoms with Crippen molar-refractivity contribution in [3.63, 3.8) is 0 Å². The van der Waals surface area contributed by atoms with Crippen LogP contribution < -0.4 is 10.6 Å². The first-order valence-corrected chi connectivity index (χ1v) is 39.9. The lowest BCUT2D eigenvalue weighted by Crippen LogP contribution is -2.53. The molecule has 0 bridgehead atoms. The zero-order valence-electron chi connectivity index (χ0n) is 65.9. The minimum atomic E-state index is -3.67. The second kappa shape index (κ2) is 54.7. The maximum atomic E-state index is 13.0. The average molecular weight is 1630 g/mol. The van der Waals surface area contributed by atoms with Crippen molar-refractivity contribution >= 4 is 91.1 Å². The van der Waals surface area contributed by atoms with Crippen molar-refractivity contribution in [1.29, 1.82) is 0 Å². The van der Waals surface area contributed by atoms with Crippen LogP contribution in [0.1, 0.15) is 112 Å². The molecule has 2 fully saturated rings. The van der Waals surface area contributed by atoms with Crippen LogP contribution in [0.2, 0.25) is 0 Å². The van der Waals surface area contributed by atoms with Crippen LogP contribution in [0.15, 0.2) is 225 Å². The number of cyclic esters (lactones) is 2. The number of nitrogens with one attached hydrogen (secondary N) is 2. The van der Waals surface area contributed by atoms with Gasteiger partial charge in [-0.15, -0.1) is 6.58 Å². The summed E-state index contributed by atoms with van der Waals surface area (Å²) in [5.41, 5.74) is 2.62. The maximum absolute atomic E-state index is 13.0. The van der Waals surface area contributed by atoms with Gasteiger partial charge in [0.05, 0.1) is 14.2 Å². The molecule has 0 unspecified atom stereocenters. The van der Waals surface area contributed by atoms with Gasteiger partial charge in [0.1, 0.15) is 43.5 Å². The molecule has 2 saturated heterocycles. The van der Waals surface area contributed by atoms with Gasteiger partial charge in [0, 0.05) is 44.1 Å². The van der Waals surface area contributed by atoms with E-state index in [4.69, 9.17) is 47.4 Å². The predicted octanol–water partition coefficient (Wildman–Crippen LogP) is 16.9. The molecule has 9 rings (SSSR count). The Bertz CT molecular complexity index is 3870. The van der Waals surface area contributed by atoms with Gasteiger partial charge in [-0.3, -0.25) is 22.7 Å². The van der Waals surface area contributed by atoms with E-state index in [2.05, 4.69) is 21.9 Å². The number of halogens is 3. The number of benzene rings is 7. The zero-order chi connectivity index (χ0) is 83.5. The second-order valence-electron chi connectivity index (χ2n) is 24.6. The van der Waals surface area contributed by atoms with Crippen molar-refractivity contribution in [3.8, 4) is 0 Å². The molecular weight excluding hydrogens is 1520 g/mol. The Labute approximate surface area is 674 Å². The van der Waals surface area contributed by atoms with E-state index in [-0.39, 0.29) is 38.7 Å². The summed E-state index contributed by atoms with van der Waals surface area (Å²) in [4.78, 5) is 101. The number of amides is 4. The van der Waals surface area contributed by atoms with Crippen LogP contribution in [-0.4, -0.2) is 166 Å². The Morgan fingerprint density at radius 1 is 0.540 bits per heavy atom. The number of hydrogen-bond acceptors (Lipinski definition) is 22. The number of methoxy groups -OCH3 is 4. The average Bonchev–Trinajstić information content (AvgIpc) is 1.62. The highest BCUT2D eigenvalue weighted by atomic mass is 32.2. The Morgan fingerprint density at radius 2 is 0.920 bits per heavy atom. The van der Waals surface area contributed by atoms with E-state index in [1.807, 2.05) is 245 Å². The van der Waals surface area contributed by atoms with Gasteiger partial charge in [0.25, 0.3) is 0 Å². The molecule has 0 radical (unpaired) electrons. The van der Waals surface area contributed by atoms with E-state index in [9.17, 15) is 51.3 Å². The van der Waals surface area contributed by atoms with Crippen LogP contribution in [-0.2, 0) is 97.7 Å². The first-order chi connectivity index (χ1) is 54.3. The summed E-state index contributed by atoms with van der Waals surface area (Å²) in [6.45, 7) is 14.6. The molecular formula is C83H104BF3N4O19S3. The highest BCUT2D eigenvalue weighted by Gasteiger charge is 2.55. The number of ether oxygens (including phenoxy) is 11. The van der Waals surface area contributed by atoms with Crippen molar-refractivity contribution in [2.75, 3.05) is 77.7 Å². The fourth-order valence-electron chi connectivity index (χ4n) is 10.2. The lowest BCUT2D eigenvalue weighted by atomic mass is 9.97. The number of esters is 4. The lowest BCUT2D eigenvalue weighted by Gasteiger charge is -2.32. The molecule has 23 nitrogen and oxygen atoms in total. The van der Waals surface area contributed by atoms with E-state index in [0.29, 0.717) is 19.3 Å². The van der Waals surface area contributed by atoms with Gasteiger partial charge < -0.3 is 62.7 Å². The molecule has 4 amide bonds. The molecule has 7 aromatic carbocycles. The molecule has 113 heavy (non-hydrogen) atoms. The van der Waals surface area contributed by atoms with Crippen LogP contribution in [0, 0.1) is 0 Å². The highest BCUT2D eigenvalue weighted by Crippen LogP contribution is 2.41. The normalized spacial score (nSPS) is 15.9. The first-order valence-electron chi connectivity index (χ1n) is 35.7. The van der Waals surface area contributed by atoms with E-state index in [1.54, 1.807) is 63.4 Å². The third kappa shape index (κ3) is 34.9. The summed E-state index contributed by atoms with van der Waals surface area (Å²) >= 11 is 4.84. The summed E-state index contributed by atoms with van der Waals surface area (Å²) in [6.07, 6.45) is 4.45. The van der Waals surface area contributed by atoms with E-state index in [0.717, 1.165) is 69.4 Å². The lowest BCUT2D eigenvalue weighted by molar-refractivity contribution is -0.148. The molecule has 30 heteroatoms. The quantitative estimate of drug-likeness (QED) is 0.0145. The number of nitrogens with zero attached hydrogens (tertiary/aromatic N) is 2. The minimum absolute atomic E-state index is 0.126. The van der Waals surface area contributed by atoms with Gasteiger partial charge in [-0.1, -0.05) is 218 Å². The number of alkyl carbamates (subject to hydrolysis) is 2. The van der Waals surface area contributed by atoms with Gasteiger partial charge in [0.2, 0.25) is 12.5 Å². The summed E-state index contributed by atoms with van der Waals surface area (Å²) in [7, 11) is 2.13. The Kier molecular flexibility index (Phi) is 47.0. The number of carbonyl (C=O) groups excluding carboxylic acids is 8. The zero-order valence-corrected chi connectivity index (χ0v) is 68.3. The Hall–Kier alpha value is -9.98. The van der Waals surface area contributed by atoms with Gasteiger partial charge in [0.15, 0.2) is 11.8 Å². The maximum Gasteiger partial charge on any atom is 0.762 e. The highest BCUT2D eigenvalue weighted by molar-refractivity contribution is 7.99. The molecule has 0 aromatic heterocycles. The third-order valence-electron chi connectivity index (χ3n) is 16.4. The fourth-order valence-corrected chi connectivity index (χ4v) is 11.9. The molecule has 2 heterocycles. The number of hydrogen-bond donors (Lipinski definition) is 2. The summed E-state index contributed by atoms with van der Waals surface area (Å²) in [6, 6.07) is 65.2. The van der Waals surface area contributed by atoms with Crippen LogP contribution in [0.4, 0.5) is 32.1 Å².